The smallest absolute Gasteiger partial charge is 0.361 e. The third-order valence-corrected chi connectivity index (χ3v) is 7.38. The minimum atomic E-state index is -0.514. The van der Waals surface area contributed by atoms with Gasteiger partial charge in [-0.05, 0) is 48.7 Å². The minimum absolute atomic E-state index is 0.269. The molecule has 2 fully saturated rings. The summed E-state index contributed by atoms with van der Waals surface area (Å²) in [7, 11) is 0. The van der Waals surface area contributed by atoms with Crippen LogP contribution in [0, 0.1) is 5.92 Å². The summed E-state index contributed by atoms with van der Waals surface area (Å²) < 4.78 is 11.5. The number of hydrogen-bond donors (Lipinski definition) is 2. The molecule has 10 nitrogen and oxygen atoms in total. The van der Waals surface area contributed by atoms with Crippen molar-refractivity contribution in [3.63, 3.8) is 0 Å². The number of anilines is 1. The van der Waals surface area contributed by atoms with Crippen molar-refractivity contribution in [1.82, 2.24) is 19.4 Å². The first-order valence-electron chi connectivity index (χ1n) is 12.3. The lowest BCUT2D eigenvalue weighted by Crippen LogP contribution is -2.38. The summed E-state index contributed by atoms with van der Waals surface area (Å²) in [6.07, 6.45) is 11.5. The molecular weight excluding hydrogens is 446 g/mol. The number of primary amides is 1. The number of rotatable bonds is 5. The van der Waals surface area contributed by atoms with Crippen LogP contribution >= 0.6 is 0 Å². The van der Waals surface area contributed by atoms with Crippen molar-refractivity contribution in [1.29, 1.82) is 0 Å². The van der Waals surface area contributed by atoms with Crippen LogP contribution in [-0.2, 0) is 4.74 Å². The van der Waals surface area contributed by atoms with Gasteiger partial charge in [-0.3, -0.25) is 9.48 Å². The molecule has 10 heteroatoms. The highest BCUT2D eigenvalue weighted by Gasteiger charge is 2.27. The molecule has 6 rings (SSSR count). The highest BCUT2D eigenvalue weighted by molar-refractivity contribution is 5.97. The Bertz CT molecular complexity index is 1380. The van der Waals surface area contributed by atoms with Crippen LogP contribution in [0.25, 0.3) is 22.2 Å². The Balaban J connectivity index is 1.49. The van der Waals surface area contributed by atoms with Crippen LogP contribution in [0.5, 0.6) is 0 Å². The van der Waals surface area contributed by atoms with E-state index in [2.05, 4.69) is 32.9 Å². The predicted octanol–water partition coefficient (Wildman–Crippen LogP) is 1.62. The van der Waals surface area contributed by atoms with Crippen molar-refractivity contribution in [2.45, 2.75) is 31.7 Å². The number of benzene rings is 1. The Morgan fingerprint density at radius 2 is 1.94 bits per heavy atom. The molecule has 4 heterocycles. The molecule has 0 radical (unpaired) electrons. The van der Waals surface area contributed by atoms with E-state index in [0.717, 1.165) is 61.1 Å². The standard InChI is InChI=1S/C25H29N7O3/c26-24(34)20-15-32(31-7-1-6-27-25(20)31)23-12-18-14-30(19-4-2-17(16-33)3-5-19)28-21(18)13-22(23)29-8-10-35-11-9-29/h1,6-7,12-15,17,19,33H,2-5,8-11,16H2,(H-,26,34)/p+1. The number of ether oxygens (including phenoxy) is 1. The van der Waals surface area contributed by atoms with Gasteiger partial charge >= 0.3 is 5.65 Å². The van der Waals surface area contributed by atoms with E-state index in [0.29, 0.717) is 36.4 Å². The number of hydrogen-bond acceptors (Lipinski definition) is 6. The van der Waals surface area contributed by atoms with Gasteiger partial charge in [-0.1, -0.05) is 0 Å². The van der Waals surface area contributed by atoms with Crippen LogP contribution < -0.4 is 15.1 Å². The Kier molecular flexibility index (Phi) is 5.62. The molecule has 4 aromatic rings. The second kappa shape index (κ2) is 8.94. The first kappa shape index (κ1) is 22.0. The fourth-order valence-corrected chi connectivity index (χ4v) is 5.42. The zero-order chi connectivity index (χ0) is 23.9. The third-order valence-electron chi connectivity index (χ3n) is 7.38. The van der Waals surface area contributed by atoms with E-state index in [1.54, 1.807) is 12.4 Å². The van der Waals surface area contributed by atoms with Crippen molar-refractivity contribution in [2.24, 2.45) is 11.7 Å². The molecule has 1 saturated carbocycles. The molecular formula is C25H30N7O3+. The van der Waals surface area contributed by atoms with Gasteiger partial charge in [-0.2, -0.15) is 9.78 Å². The summed E-state index contributed by atoms with van der Waals surface area (Å²) in [6.45, 7) is 3.14. The first-order valence-corrected chi connectivity index (χ1v) is 12.3. The number of carbonyl (C=O) groups is 1. The molecule has 1 amide bonds. The van der Waals surface area contributed by atoms with Crippen molar-refractivity contribution in [2.75, 3.05) is 37.8 Å². The topological polar surface area (TPSA) is 116 Å². The van der Waals surface area contributed by atoms with Crippen LogP contribution in [-0.4, -0.2) is 63.4 Å². The van der Waals surface area contributed by atoms with Crippen LogP contribution in [0.1, 0.15) is 42.1 Å². The number of aliphatic hydroxyl groups excluding tert-OH is 1. The SMILES string of the molecule is NC(=O)c1cn(-c2cc3cn(C4CCC(CO)CC4)nc3cc2N2CCOCC2)[n+]2cccnc12. The van der Waals surface area contributed by atoms with E-state index >= 15 is 0 Å². The summed E-state index contributed by atoms with van der Waals surface area (Å²) in [4.78, 5) is 18.9. The van der Waals surface area contributed by atoms with Crippen molar-refractivity contribution in [3.05, 3.63) is 48.5 Å². The van der Waals surface area contributed by atoms with Gasteiger partial charge in [-0.15, -0.1) is 4.52 Å². The first-order chi connectivity index (χ1) is 17.1. The van der Waals surface area contributed by atoms with Gasteiger partial charge in [0.15, 0.2) is 5.56 Å². The van der Waals surface area contributed by atoms with Gasteiger partial charge in [0.1, 0.15) is 18.1 Å². The van der Waals surface area contributed by atoms with Crippen LogP contribution in [0.2, 0.25) is 0 Å². The second-order valence-electron chi connectivity index (χ2n) is 9.50. The highest BCUT2D eigenvalue weighted by Crippen LogP contribution is 2.35. The highest BCUT2D eigenvalue weighted by atomic mass is 16.5. The quantitative estimate of drug-likeness (QED) is 0.423. The number of nitrogens with two attached hydrogens (primary N) is 1. The molecule has 0 atom stereocenters. The largest absolute Gasteiger partial charge is 0.396 e. The predicted molar refractivity (Wildman–Crippen MR) is 130 cm³/mol. The molecule has 0 bridgehead atoms. The summed E-state index contributed by atoms with van der Waals surface area (Å²) >= 11 is 0. The lowest BCUT2D eigenvalue weighted by molar-refractivity contribution is -0.600. The number of amides is 1. The number of nitrogens with zero attached hydrogens (tertiary/aromatic N) is 6. The fourth-order valence-electron chi connectivity index (χ4n) is 5.42. The van der Waals surface area contributed by atoms with Crippen molar-refractivity contribution in [3.8, 4) is 5.69 Å². The maximum Gasteiger partial charge on any atom is 0.361 e. The number of fused-ring (bicyclic) bond motifs is 2. The summed E-state index contributed by atoms with van der Waals surface area (Å²) in [6, 6.07) is 6.45. The molecule has 1 aromatic carbocycles. The zero-order valence-electron chi connectivity index (χ0n) is 19.6. The lowest BCUT2D eigenvalue weighted by atomic mass is 9.87. The van der Waals surface area contributed by atoms with E-state index < -0.39 is 5.91 Å². The van der Waals surface area contributed by atoms with E-state index in [-0.39, 0.29) is 6.61 Å². The maximum absolute atomic E-state index is 12.2. The van der Waals surface area contributed by atoms with Crippen molar-refractivity contribution < 1.29 is 19.2 Å². The number of aliphatic hydroxyl groups is 1. The number of carbonyl (C=O) groups excluding carboxylic acids is 1. The van der Waals surface area contributed by atoms with Gasteiger partial charge < -0.3 is 20.5 Å². The molecule has 0 spiro atoms. The summed E-state index contributed by atoms with van der Waals surface area (Å²) in [5.41, 5.74) is 9.47. The van der Waals surface area contributed by atoms with Gasteiger partial charge in [-0.25, -0.2) is 0 Å². The molecule has 182 valence electrons. The van der Waals surface area contributed by atoms with E-state index in [4.69, 9.17) is 15.6 Å². The molecule has 0 unspecified atom stereocenters. The average Bonchev–Trinajstić information content (AvgIpc) is 3.50. The zero-order valence-corrected chi connectivity index (χ0v) is 19.6. The molecule has 3 aromatic heterocycles. The van der Waals surface area contributed by atoms with Crippen molar-refractivity contribution >= 4 is 28.1 Å². The summed E-state index contributed by atoms with van der Waals surface area (Å²) in [5, 5.41) is 15.5. The molecule has 35 heavy (non-hydrogen) atoms. The average molecular weight is 477 g/mol. The Labute approximate surface area is 202 Å². The molecule has 2 aliphatic rings. The maximum atomic E-state index is 12.2. The third kappa shape index (κ3) is 3.92. The number of aromatic nitrogens is 5. The Morgan fingerprint density at radius 1 is 1.14 bits per heavy atom. The van der Waals surface area contributed by atoms with Crippen LogP contribution in [0.4, 0.5) is 5.69 Å². The van der Waals surface area contributed by atoms with Gasteiger partial charge in [0.25, 0.3) is 5.91 Å². The lowest BCUT2D eigenvalue weighted by Gasteiger charge is -2.30. The van der Waals surface area contributed by atoms with Crippen LogP contribution in [0.15, 0.2) is 43.0 Å². The normalized spacial score (nSPS) is 21.1. The van der Waals surface area contributed by atoms with Gasteiger partial charge in [0.05, 0.1) is 36.7 Å². The van der Waals surface area contributed by atoms with E-state index in [9.17, 15) is 9.90 Å². The molecule has 1 aliphatic heterocycles. The van der Waals surface area contributed by atoms with Gasteiger partial charge in [0.2, 0.25) is 0 Å². The summed E-state index contributed by atoms with van der Waals surface area (Å²) in [5.74, 6) is -0.108. The molecule has 3 N–H and O–H groups in total. The monoisotopic (exact) mass is 476 g/mol. The Morgan fingerprint density at radius 3 is 2.69 bits per heavy atom. The van der Waals surface area contributed by atoms with Gasteiger partial charge in [0, 0.05) is 37.3 Å². The molecule has 1 aliphatic carbocycles. The second-order valence-corrected chi connectivity index (χ2v) is 9.50. The van der Waals surface area contributed by atoms with E-state index in [1.165, 1.54) is 0 Å². The van der Waals surface area contributed by atoms with Crippen LogP contribution in [0.3, 0.4) is 0 Å². The minimum Gasteiger partial charge on any atom is -0.396 e. The number of morpholine rings is 1. The fraction of sp³-hybridized carbons (Fsp3) is 0.440. The molecule has 1 saturated heterocycles. The Hall–Kier alpha value is -3.50. The van der Waals surface area contributed by atoms with E-state index in [1.807, 2.05) is 21.5 Å².